The van der Waals surface area contributed by atoms with Crippen molar-refractivity contribution in [2.45, 2.75) is 45.3 Å². The van der Waals surface area contributed by atoms with Crippen molar-refractivity contribution in [3.63, 3.8) is 0 Å². The van der Waals surface area contributed by atoms with Crippen LogP contribution in [0.1, 0.15) is 32.8 Å². The van der Waals surface area contributed by atoms with Gasteiger partial charge in [-0.15, -0.1) is 0 Å². The van der Waals surface area contributed by atoms with Gasteiger partial charge >= 0.3 is 0 Å². The van der Waals surface area contributed by atoms with Crippen molar-refractivity contribution in [3.05, 3.63) is 60.2 Å². The summed E-state index contributed by atoms with van der Waals surface area (Å²) in [5.74, 6) is 0.562. The number of carbonyl (C=O) groups is 2. The fraction of sp³-hybridized carbons (Fsp3) is 0.462. The Kier molecular flexibility index (Phi) is 6.15. The molecular weight excluding hydrogens is 388 g/mol. The summed E-state index contributed by atoms with van der Waals surface area (Å²) in [5.41, 5.74) is 2.18. The molecule has 0 spiro atoms. The van der Waals surface area contributed by atoms with Crippen LogP contribution in [0.3, 0.4) is 0 Å². The summed E-state index contributed by atoms with van der Waals surface area (Å²) in [6, 6.07) is 18.4. The number of rotatable bonds is 6. The third-order valence-electron chi connectivity index (χ3n) is 6.28. The van der Waals surface area contributed by atoms with Crippen LogP contribution in [0, 0.1) is 11.8 Å². The summed E-state index contributed by atoms with van der Waals surface area (Å²) < 4.78 is 6.18. The van der Waals surface area contributed by atoms with E-state index >= 15 is 0 Å². The van der Waals surface area contributed by atoms with Gasteiger partial charge in [-0.05, 0) is 42.9 Å². The van der Waals surface area contributed by atoms with E-state index in [0.717, 1.165) is 23.1 Å². The number of benzene rings is 2. The Labute approximate surface area is 184 Å². The number of hydrogen-bond donors (Lipinski definition) is 1. The van der Waals surface area contributed by atoms with E-state index in [9.17, 15) is 9.59 Å². The predicted molar refractivity (Wildman–Crippen MR) is 121 cm³/mol. The van der Waals surface area contributed by atoms with Gasteiger partial charge in [-0.1, -0.05) is 61.5 Å². The molecule has 1 heterocycles. The van der Waals surface area contributed by atoms with Gasteiger partial charge in [0.05, 0.1) is 13.2 Å². The van der Waals surface area contributed by atoms with Crippen LogP contribution in [0.5, 0.6) is 0 Å². The smallest absolute Gasteiger partial charge is 0.254 e. The van der Waals surface area contributed by atoms with Crippen molar-refractivity contribution in [3.8, 4) is 11.1 Å². The number of carbonyl (C=O) groups excluding carboxylic acids is 2. The lowest BCUT2D eigenvalue weighted by molar-refractivity contribution is -0.167. The van der Waals surface area contributed by atoms with Crippen molar-refractivity contribution in [1.82, 2.24) is 10.2 Å². The molecule has 5 heteroatoms. The largest absolute Gasteiger partial charge is 0.361 e. The van der Waals surface area contributed by atoms with Gasteiger partial charge in [0, 0.05) is 24.9 Å². The molecule has 2 aliphatic rings. The van der Waals surface area contributed by atoms with E-state index in [1.807, 2.05) is 49.1 Å². The molecule has 0 radical (unpaired) electrons. The molecule has 5 nitrogen and oxygen atoms in total. The number of amides is 2. The van der Waals surface area contributed by atoms with Gasteiger partial charge in [0.25, 0.3) is 5.91 Å². The van der Waals surface area contributed by atoms with E-state index in [-0.39, 0.29) is 23.8 Å². The highest BCUT2D eigenvalue weighted by Crippen LogP contribution is 2.40. The lowest BCUT2D eigenvalue weighted by atomic mass is 9.89. The van der Waals surface area contributed by atoms with Crippen LogP contribution in [-0.2, 0) is 20.7 Å². The first-order valence-corrected chi connectivity index (χ1v) is 11.3. The molecule has 2 amide bonds. The van der Waals surface area contributed by atoms with Crippen LogP contribution >= 0.6 is 0 Å². The Balaban J connectivity index is 1.61. The molecule has 2 aromatic carbocycles. The fourth-order valence-corrected chi connectivity index (χ4v) is 4.41. The SMILES string of the molecule is CC(C)NC(=O)[C@]1(Cc2cccc(-c3ccccc3)c2)CN(C(=O)[C@@H]2C[C@@H]2C)CCO1. The van der Waals surface area contributed by atoms with Crippen molar-refractivity contribution in [2.24, 2.45) is 11.8 Å². The van der Waals surface area contributed by atoms with Gasteiger partial charge in [0.15, 0.2) is 5.60 Å². The highest BCUT2D eigenvalue weighted by molar-refractivity contribution is 5.88. The molecule has 0 bridgehead atoms. The second-order valence-corrected chi connectivity index (χ2v) is 9.29. The van der Waals surface area contributed by atoms with Crippen LogP contribution in [0.25, 0.3) is 11.1 Å². The van der Waals surface area contributed by atoms with E-state index < -0.39 is 5.60 Å². The van der Waals surface area contributed by atoms with Crippen molar-refractivity contribution < 1.29 is 14.3 Å². The van der Waals surface area contributed by atoms with E-state index in [1.54, 1.807) is 0 Å². The first kappa shape index (κ1) is 21.6. The Bertz CT molecular complexity index is 943. The molecule has 164 valence electrons. The number of nitrogens with zero attached hydrogens (tertiary/aromatic N) is 1. The maximum absolute atomic E-state index is 13.3. The molecule has 2 aromatic rings. The van der Waals surface area contributed by atoms with Gasteiger partial charge < -0.3 is 15.0 Å². The summed E-state index contributed by atoms with van der Waals surface area (Å²) in [6.07, 6.45) is 1.37. The van der Waals surface area contributed by atoms with Crippen LogP contribution in [-0.4, -0.2) is 48.1 Å². The molecule has 0 aromatic heterocycles. The topological polar surface area (TPSA) is 58.6 Å². The summed E-state index contributed by atoms with van der Waals surface area (Å²) in [6.45, 7) is 7.21. The number of hydrogen-bond acceptors (Lipinski definition) is 3. The second kappa shape index (κ2) is 8.83. The molecule has 3 atom stereocenters. The molecular formula is C26H32N2O3. The fourth-order valence-electron chi connectivity index (χ4n) is 4.41. The maximum atomic E-state index is 13.3. The van der Waals surface area contributed by atoms with E-state index in [0.29, 0.717) is 32.0 Å². The number of morpholine rings is 1. The van der Waals surface area contributed by atoms with Crippen molar-refractivity contribution >= 4 is 11.8 Å². The number of nitrogens with one attached hydrogen (secondary N) is 1. The minimum atomic E-state index is -1.08. The molecule has 1 aliphatic carbocycles. The van der Waals surface area contributed by atoms with Crippen molar-refractivity contribution in [2.75, 3.05) is 19.7 Å². The van der Waals surface area contributed by atoms with Gasteiger partial charge in [0.2, 0.25) is 5.91 Å². The van der Waals surface area contributed by atoms with Crippen LogP contribution in [0.2, 0.25) is 0 Å². The summed E-state index contributed by atoms with van der Waals surface area (Å²) in [5, 5.41) is 3.03. The maximum Gasteiger partial charge on any atom is 0.254 e. The molecule has 31 heavy (non-hydrogen) atoms. The Morgan fingerprint density at radius 3 is 2.52 bits per heavy atom. The minimum absolute atomic E-state index is 0.00170. The third kappa shape index (κ3) is 4.82. The highest BCUT2D eigenvalue weighted by Gasteiger charge is 2.48. The summed E-state index contributed by atoms with van der Waals surface area (Å²) >= 11 is 0. The summed E-state index contributed by atoms with van der Waals surface area (Å²) in [4.78, 5) is 28.1. The van der Waals surface area contributed by atoms with Crippen LogP contribution < -0.4 is 5.32 Å². The molecule has 1 N–H and O–H groups in total. The molecule has 1 aliphatic heterocycles. The Hall–Kier alpha value is -2.66. The molecule has 0 unspecified atom stereocenters. The van der Waals surface area contributed by atoms with E-state index in [2.05, 4.69) is 36.5 Å². The lowest BCUT2D eigenvalue weighted by Gasteiger charge is -2.42. The lowest BCUT2D eigenvalue weighted by Crippen LogP contribution is -2.63. The standard InChI is InChI=1S/C26H32N2O3/c1-18(2)27-25(30)26(17-28(12-13-31-26)24(29)23-14-19(23)3)16-20-8-7-11-22(15-20)21-9-5-4-6-10-21/h4-11,15,18-19,23H,12-14,16-17H2,1-3H3,(H,27,30)/t19-,23+,26-/m0/s1. The van der Waals surface area contributed by atoms with Crippen LogP contribution in [0.15, 0.2) is 54.6 Å². The Morgan fingerprint density at radius 2 is 1.84 bits per heavy atom. The molecule has 1 saturated carbocycles. The van der Waals surface area contributed by atoms with E-state index in [4.69, 9.17) is 4.74 Å². The number of ether oxygens (including phenoxy) is 1. The molecule has 2 fully saturated rings. The van der Waals surface area contributed by atoms with Gasteiger partial charge in [-0.2, -0.15) is 0 Å². The quantitative estimate of drug-likeness (QED) is 0.776. The van der Waals surface area contributed by atoms with Gasteiger partial charge in [-0.3, -0.25) is 9.59 Å². The van der Waals surface area contributed by atoms with E-state index in [1.165, 1.54) is 0 Å². The minimum Gasteiger partial charge on any atom is -0.361 e. The highest BCUT2D eigenvalue weighted by atomic mass is 16.5. The zero-order valence-electron chi connectivity index (χ0n) is 18.6. The summed E-state index contributed by atoms with van der Waals surface area (Å²) in [7, 11) is 0. The second-order valence-electron chi connectivity index (χ2n) is 9.29. The predicted octanol–water partition coefficient (Wildman–Crippen LogP) is 3.67. The van der Waals surface area contributed by atoms with Gasteiger partial charge in [0.1, 0.15) is 0 Å². The van der Waals surface area contributed by atoms with Crippen LogP contribution in [0.4, 0.5) is 0 Å². The average molecular weight is 421 g/mol. The normalized spacial score (nSPS) is 25.4. The zero-order chi connectivity index (χ0) is 22.0. The monoisotopic (exact) mass is 420 g/mol. The Morgan fingerprint density at radius 1 is 1.13 bits per heavy atom. The average Bonchev–Trinajstić information content (AvgIpc) is 3.50. The first-order valence-electron chi connectivity index (χ1n) is 11.3. The first-order chi connectivity index (χ1) is 14.9. The van der Waals surface area contributed by atoms with Crippen molar-refractivity contribution in [1.29, 1.82) is 0 Å². The third-order valence-corrected chi connectivity index (χ3v) is 6.28. The molecule has 1 saturated heterocycles. The van der Waals surface area contributed by atoms with Gasteiger partial charge in [-0.25, -0.2) is 0 Å². The molecule has 4 rings (SSSR count). The zero-order valence-corrected chi connectivity index (χ0v) is 18.6.